The summed E-state index contributed by atoms with van der Waals surface area (Å²) in [5.74, 6) is 0.827. The van der Waals surface area contributed by atoms with Crippen LogP contribution >= 0.6 is 23.2 Å². The number of halogens is 2. The van der Waals surface area contributed by atoms with Crippen molar-refractivity contribution >= 4 is 34.8 Å². The highest BCUT2D eigenvalue weighted by molar-refractivity contribution is 6.43. The van der Waals surface area contributed by atoms with Crippen LogP contribution in [0.3, 0.4) is 0 Å². The first-order valence-electron chi connectivity index (χ1n) is 7.91. The first-order valence-corrected chi connectivity index (χ1v) is 8.67. The Hall–Kier alpha value is -2.23. The third-order valence-corrected chi connectivity index (χ3v) is 4.70. The van der Waals surface area contributed by atoms with Crippen molar-refractivity contribution in [2.45, 2.75) is 19.8 Å². The Labute approximate surface area is 156 Å². The van der Waals surface area contributed by atoms with E-state index in [4.69, 9.17) is 27.6 Å². The van der Waals surface area contributed by atoms with Gasteiger partial charge in [0.25, 0.3) is 5.91 Å². The predicted molar refractivity (Wildman–Crippen MR) is 103 cm³/mol. The minimum absolute atomic E-state index is 0.207. The molecule has 0 saturated heterocycles. The fourth-order valence-corrected chi connectivity index (χ4v) is 2.84. The highest BCUT2D eigenvalue weighted by atomic mass is 35.5. The number of hydrogen-bond donors (Lipinski definition) is 1. The molecule has 0 fully saturated rings. The highest BCUT2D eigenvalue weighted by Gasteiger charge is 2.15. The molecule has 0 aliphatic heterocycles. The summed E-state index contributed by atoms with van der Waals surface area (Å²) in [5.41, 5.74) is 2.58. The molecule has 1 aromatic heterocycles. The summed E-state index contributed by atoms with van der Waals surface area (Å²) < 4.78 is 5.65. The van der Waals surface area contributed by atoms with E-state index in [1.165, 1.54) is 5.56 Å². The quantitative estimate of drug-likeness (QED) is 0.557. The van der Waals surface area contributed by atoms with Crippen LogP contribution in [-0.2, 0) is 0 Å². The monoisotopic (exact) mass is 373 g/mol. The Morgan fingerprint density at radius 2 is 1.72 bits per heavy atom. The van der Waals surface area contributed by atoms with Crippen molar-refractivity contribution in [3.8, 4) is 11.3 Å². The molecule has 0 atom stereocenters. The fourth-order valence-electron chi connectivity index (χ4n) is 2.44. The zero-order chi connectivity index (χ0) is 18.0. The minimum Gasteiger partial charge on any atom is -0.451 e. The van der Waals surface area contributed by atoms with Crippen LogP contribution in [0, 0.1) is 0 Å². The number of anilines is 1. The molecular formula is C20H17Cl2NO2. The van der Waals surface area contributed by atoms with Crippen molar-refractivity contribution < 1.29 is 9.21 Å². The molecule has 0 spiro atoms. The van der Waals surface area contributed by atoms with Gasteiger partial charge in [-0.15, -0.1) is 0 Å². The first-order chi connectivity index (χ1) is 12.0. The summed E-state index contributed by atoms with van der Waals surface area (Å²) in [7, 11) is 0. The van der Waals surface area contributed by atoms with Crippen molar-refractivity contribution in [2.24, 2.45) is 0 Å². The number of furan rings is 1. The summed E-state index contributed by atoms with van der Waals surface area (Å²) >= 11 is 12.2. The van der Waals surface area contributed by atoms with Gasteiger partial charge in [-0.3, -0.25) is 4.79 Å². The molecular weight excluding hydrogens is 357 g/mol. The molecule has 1 heterocycles. The van der Waals surface area contributed by atoms with Crippen molar-refractivity contribution in [1.29, 1.82) is 0 Å². The van der Waals surface area contributed by atoms with E-state index in [-0.39, 0.29) is 11.7 Å². The van der Waals surface area contributed by atoms with Gasteiger partial charge in [-0.05, 0) is 47.9 Å². The Morgan fingerprint density at radius 1 is 1.00 bits per heavy atom. The minimum atomic E-state index is -0.318. The van der Waals surface area contributed by atoms with E-state index >= 15 is 0 Å². The van der Waals surface area contributed by atoms with E-state index in [0.717, 1.165) is 0 Å². The summed E-state index contributed by atoms with van der Waals surface area (Å²) in [6.45, 7) is 4.25. The van der Waals surface area contributed by atoms with Gasteiger partial charge < -0.3 is 9.73 Å². The molecule has 0 radical (unpaired) electrons. The molecule has 0 aliphatic carbocycles. The maximum atomic E-state index is 12.4. The third-order valence-electron chi connectivity index (χ3n) is 3.88. The second-order valence-electron chi connectivity index (χ2n) is 6.00. The Bertz CT molecular complexity index is 898. The molecule has 0 saturated carbocycles. The summed E-state index contributed by atoms with van der Waals surface area (Å²) in [5, 5.41) is 3.66. The second kappa shape index (κ2) is 7.34. The molecule has 1 amide bonds. The Morgan fingerprint density at radius 3 is 2.40 bits per heavy atom. The third kappa shape index (κ3) is 3.89. The van der Waals surface area contributed by atoms with E-state index < -0.39 is 0 Å². The number of amides is 1. The number of hydrogen-bond acceptors (Lipinski definition) is 2. The summed E-state index contributed by atoms with van der Waals surface area (Å²) in [4.78, 5) is 12.4. The van der Waals surface area contributed by atoms with Gasteiger partial charge in [0.05, 0.1) is 10.0 Å². The van der Waals surface area contributed by atoms with E-state index in [9.17, 15) is 4.79 Å². The first kappa shape index (κ1) is 17.6. The zero-order valence-corrected chi connectivity index (χ0v) is 15.4. The maximum Gasteiger partial charge on any atom is 0.291 e. The summed E-state index contributed by atoms with van der Waals surface area (Å²) in [6.07, 6.45) is 0. The smallest absolute Gasteiger partial charge is 0.291 e. The predicted octanol–water partition coefficient (Wildman–Crippen LogP) is 6.63. The fraction of sp³-hybridized carbons (Fsp3) is 0.150. The van der Waals surface area contributed by atoms with Crippen LogP contribution in [0.4, 0.5) is 5.69 Å². The lowest BCUT2D eigenvalue weighted by Crippen LogP contribution is -2.10. The second-order valence-corrected chi connectivity index (χ2v) is 6.78. The molecule has 0 bridgehead atoms. The van der Waals surface area contributed by atoms with Crippen LogP contribution in [-0.4, -0.2) is 5.91 Å². The van der Waals surface area contributed by atoms with Gasteiger partial charge in [0, 0.05) is 11.3 Å². The highest BCUT2D eigenvalue weighted by Crippen LogP contribution is 2.34. The van der Waals surface area contributed by atoms with Gasteiger partial charge in [-0.2, -0.15) is 0 Å². The average Bonchev–Trinajstić information content (AvgIpc) is 3.08. The van der Waals surface area contributed by atoms with Crippen molar-refractivity contribution in [2.75, 3.05) is 5.32 Å². The topological polar surface area (TPSA) is 42.2 Å². The van der Waals surface area contributed by atoms with Gasteiger partial charge in [-0.1, -0.05) is 55.2 Å². The lowest BCUT2D eigenvalue weighted by Gasteiger charge is -2.07. The van der Waals surface area contributed by atoms with Gasteiger partial charge >= 0.3 is 0 Å². The molecule has 0 aliphatic rings. The molecule has 3 aromatic rings. The van der Waals surface area contributed by atoms with Gasteiger partial charge in [0.1, 0.15) is 5.76 Å². The number of rotatable bonds is 4. The molecule has 128 valence electrons. The van der Waals surface area contributed by atoms with Crippen molar-refractivity contribution in [3.05, 3.63) is 76.0 Å². The summed E-state index contributed by atoms with van der Waals surface area (Å²) in [6, 6.07) is 16.3. The molecule has 25 heavy (non-hydrogen) atoms. The van der Waals surface area contributed by atoms with Crippen molar-refractivity contribution in [1.82, 2.24) is 0 Å². The van der Waals surface area contributed by atoms with Crippen molar-refractivity contribution in [3.63, 3.8) is 0 Å². The number of carbonyl (C=O) groups is 1. The Balaban J connectivity index is 1.77. The van der Waals surface area contributed by atoms with Crippen LogP contribution in [0.5, 0.6) is 0 Å². The van der Waals surface area contributed by atoms with E-state index in [1.807, 2.05) is 24.3 Å². The SMILES string of the molecule is CC(C)c1ccc(NC(=O)c2ccc(-c3cccc(Cl)c3Cl)o2)cc1. The number of carbonyl (C=O) groups excluding carboxylic acids is 1. The number of benzene rings is 2. The average molecular weight is 374 g/mol. The van der Waals surface area contributed by atoms with Gasteiger partial charge in [0.2, 0.25) is 0 Å². The number of nitrogens with one attached hydrogen (secondary N) is 1. The lowest BCUT2D eigenvalue weighted by molar-refractivity contribution is 0.0997. The largest absolute Gasteiger partial charge is 0.451 e. The molecule has 2 aromatic carbocycles. The van der Waals surface area contributed by atoms with Crippen LogP contribution in [0.1, 0.15) is 35.9 Å². The molecule has 3 rings (SSSR count). The van der Waals surface area contributed by atoms with Crippen LogP contribution < -0.4 is 5.32 Å². The van der Waals surface area contributed by atoms with Crippen LogP contribution in [0.2, 0.25) is 10.0 Å². The standard InChI is InChI=1S/C20H17Cl2NO2/c1-12(2)13-6-8-14(9-7-13)23-20(24)18-11-10-17(25-18)15-4-3-5-16(21)19(15)22/h3-12H,1-2H3,(H,23,24). The van der Waals surface area contributed by atoms with E-state index in [0.29, 0.717) is 33.0 Å². The van der Waals surface area contributed by atoms with Crippen LogP contribution in [0.15, 0.2) is 59.0 Å². The molecule has 5 heteroatoms. The Kier molecular flexibility index (Phi) is 5.16. The zero-order valence-electron chi connectivity index (χ0n) is 13.8. The lowest BCUT2D eigenvalue weighted by atomic mass is 10.0. The van der Waals surface area contributed by atoms with Gasteiger partial charge in [-0.25, -0.2) is 0 Å². The van der Waals surface area contributed by atoms with Gasteiger partial charge in [0.15, 0.2) is 5.76 Å². The van der Waals surface area contributed by atoms with E-state index in [1.54, 1.807) is 30.3 Å². The van der Waals surface area contributed by atoms with E-state index in [2.05, 4.69) is 19.2 Å². The van der Waals surface area contributed by atoms with Crippen LogP contribution in [0.25, 0.3) is 11.3 Å². The normalized spacial score (nSPS) is 10.9. The molecule has 1 N–H and O–H groups in total. The molecule has 0 unspecified atom stereocenters. The maximum absolute atomic E-state index is 12.4. The molecule has 3 nitrogen and oxygen atoms in total.